The average Bonchev–Trinajstić information content (AvgIpc) is 3.04. The molecule has 1 unspecified atom stereocenters. The number of nitrogens with one attached hydrogen (secondary N) is 1. The summed E-state index contributed by atoms with van der Waals surface area (Å²) in [6.45, 7) is 3.57. The predicted molar refractivity (Wildman–Crippen MR) is 66.1 cm³/mol. The van der Waals surface area contributed by atoms with E-state index in [4.69, 9.17) is 10.9 Å². The maximum atomic E-state index is 11.2. The Kier molecular flexibility index (Phi) is 5.21. The summed E-state index contributed by atoms with van der Waals surface area (Å²) in [7, 11) is -0.698. The fourth-order valence-corrected chi connectivity index (χ4v) is 2.36. The van der Waals surface area contributed by atoms with Crippen molar-refractivity contribution in [1.82, 2.24) is 5.32 Å². The Balaban J connectivity index is 2.15. The largest absolute Gasteiger partial charge is 0.409 e. The Labute approximate surface area is 98.9 Å². The quantitative estimate of drug-likeness (QED) is 0.189. The first-order valence-corrected chi connectivity index (χ1v) is 7.13. The van der Waals surface area contributed by atoms with Gasteiger partial charge in [0.1, 0.15) is 5.84 Å². The standard InChI is InChI=1S/C10H21N3O2S/c1-2-16(15)6-5-12-8-10(3-4-10)7-9(11)13-14/h12,14H,2-8H2,1H3,(H2,11,13). The molecular formula is C10H21N3O2S. The average molecular weight is 247 g/mol. The van der Waals surface area contributed by atoms with Crippen molar-refractivity contribution in [2.45, 2.75) is 26.2 Å². The van der Waals surface area contributed by atoms with Crippen molar-refractivity contribution in [2.75, 3.05) is 24.6 Å². The zero-order valence-electron chi connectivity index (χ0n) is 9.74. The van der Waals surface area contributed by atoms with Crippen LogP contribution >= 0.6 is 0 Å². The molecule has 0 bridgehead atoms. The van der Waals surface area contributed by atoms with Gasteiger partial charge in [-0.2, -0.15) is 0 Å². The normalized spacial score (nSPS) is 20.7. The third kappa shape index (κ3) is 4.49. The van der Waals surface area contributed by atoms with Gasteiger partial charge in [-0.15, -0.1) is 0 Å². The second-order valence-electron chi connectivity index (χ2n) is 4.38. The molecule has 6 heteroatoms. The molecule has 1 fully saturated rings. The minimum atomic E-state index is -0.698. The summed E-state index contributed by atoms with van der Waals surface area (Å²) in [6.07, 6.45) is 2.88. The fourth-order valence-electron chi connectivity index (χ4n) is 1.70. The molecular weight excluding hydrogens is 226 g/mol. The fraction of sp³-hybridized carbons (Fsp3) is 0.900. The SMILES string of the molecule is CCS(=O)CCNCC1(CC(N)=NO)CC1. The summed E-state index contributed by atoms with van der Waals surface area (Å²) in [6, 6.07) is 0. The Hall–Kier alpha value is -0.620. The van der Waals surface area contributed by atoms with Gasteiger partial charge in [0.05, 0.1) is 0 Å². The molecule has 1 atom stereocenters. The Morgan fingerprint density at radius 1 is 1.62 bits per heavy atom. The highest BCUT2D eigenvalue weighted by atomic mass is 32.2. The third-order valence-electron chi connectivity index (χ3n) is 2.97. The molecule has 94 valence electrons. The van der Waals surface area contributed by atoms with Crippen LogP contribution in [0, 0.1) is 5.41 Å². The molecule has 1 aliphatic carbocycles. The van der Waals surface area contributed by atoms with E-state index < -0.39 is 10.8 Å². The first-order chi connectivity index (χ1) is 7.62. The molecule has 0 aromatic carbocycles. The molecule has 0 heterocycles. The van der Waals surface area contributed by atoms with Gasteiger partial charge in [0.25, 0.3) is 0 Å². The molecule has 4 N–H and O–H groups in total. The highest BCUT2D eigenvalue weighted by molar-refractivity contribution is 7.84. The predicted octanol–water partition coefficient (Wildman–Crippen LogP) is 0.261. The van der Waals surface area contributed by atoms with E-state index in [-0.39, 0.29) is 5.41 Å². The molecule has 0 aromatic heterocycles. The molecule has 0 aliphatic heterocycles. The minimum absolute atomic E-state index is 0.185. The third-order valence-corrected chi connectivity index (χ3v) is 4.27. The van der Waals surface area contributed by atoms with Gasteiger partial charge in [-0.05, 0) is 18.3 Å². The van der Waals surface area contributed by atoms with Crippen LogP contribution < -0.4 is 11.1 Å². The van der Waals surface area contributed by atoms with Gasteiger partial charge in [0.15, 0.2) is 0 Å². The summed E-state index contributed by atoms with van der Waals surface area (Å²) < 4.78 is 11.2. The number of oxime groups is 1. The number of amidine groups is 1. The van der Waals surface area contributed by atoms with Crippen LogP contribution in [0.15, 0.2) is 5.16 Å². The zero-order chi connectivity index (χ0) is 12.0. The lowest BCUT2D eigenvalue weighted by atomic mass is 10.0. The molecule has 1 aliphatic rings. The van der Waals surface area contributed by atoms with Crippen LogP contribution in [0.5, 0.6) is 0 Å². The molecule has 0 spiro atoms. The number of hydrogen-bond acceptors (Lipinski definition) is 4. The van der Waals surface area contributed by atoms with E-state index in [1.807, 2.05) is 6.92 Å². The first kappa shape index (κ1) is 13.4. The summed E-state index contributed by atoms with van der Waals surface area (Å²) in [4.78, 5) is 0. The number of hydrogen-bond donors (Lipinski definition) is 3. The molecule has 0 saturated heterocycles. The van der Waals surface area contributed by atoms with E-state index in [2.05, 4.69) is 10.5 Å². The van der Waals surface area contributed by atoms with E-state index in [0.29, 0.717) is 18.0 Å². The molecule has 1 saturated carbocycles. The Morgan fingerprint density at radius 3 is 2.81 bits per heavy atom. The van der Waals surface area contributed by atoms with Crippen molar-refractivity contribution in [2.24, 2.45) is 16.3 Å². The molecule has 1 rings (SSSR count). The van der Waals surface area contributed by atoms with Gasteiger partial charge < -0.3 is 16.3 Å². The topological polar surface area (TPSA) is 87.7 Å². The summed E-state index contributed by atoms with van der Waals surface area (Å²) in [5.74, 6) is 1.73. The molecule has 16 heavy (non-hydrogen) atoms. The van der Waals surface area contributed by atoms with E-state index in [1.165, 1.54) is 0 Å². The van der Waals surface area contributed by atoms with Crippen molar-refractivity contribution in [1.29, 1.82) is 0 Å². The molecule has 0 amide bonds. The van der Waals surface area contributed by atoms with Gasteiger partial charge in [0.2, 0.25) is 0 Å². The maximum absolute atomic E-state index is 11.2. The van der Waals surface area contributed by atoms with Crippen molar-refractivity contribution in [3.05, 3.63) is 0 Å². The van der Waals surface area contributed by atoms with E-state index in [1.54, 1.807) is 0 Å². The molecule has 0 radical (unpaired) electrons. The number of nitrogens with two attached hydrogens (primary N) is 1. The molecule has 0 aromatic rings. The smallest absolute Gasteiger partial charge is 0.139 e. The summed E-state index contributed by atoms with van der Waals surface area (Å²) in [5, 5.41) is 14.8. The zero-order valence-corrected chi connectivity index (χ0v) is 10.6. The van der Waals surface area contributed by atoms with Gasteiger partial charge in [-0.1, -0.05) is 12.1 Å². The van der Waals surface area contributed by atoms with Gasteiger partial charge in [-0.25, -0.2) is 0 Å². The van der Waals surface area contributed by atoms with E-state index >= 15 is 0 Å². The van der Waals surface area contributed by atoms with Crippen molar-refractivity contribution in [3.8, 4) is 0 Å². The number of rotatable bonds is 8. The number of nitrogens with zero attached hydrogens (tertiary/aromatic N) is 1. The Morgan fingerprint density at radius 2 is 2.31 bits per heavy atom. The molecule has 5 nitrogen and oxygen atoms in total. The minimum Gasteiger partial charge on any atom is -0.409 e. The van der Waals surface area contributed by atoms with Crippen molar-refractivity contribution >= 4 is 16.6 Å². The van der Waals surface area contributed by atoms with Crippen LogP contribution in [-0.2, 0) is 10.8 Å². The second kappa shape index (κ2) is 6.20. The van der Waals surface area contributed by atoms with Gasteiger partial charge in [-0.3, -0.25) is 4.21 Å². The van der Waals surface area contributed by atoms with Crippen molar-refractivity contribution < 1.29 is 9.42 Å². The van der Waals surface area contributed by atoms with E-state index in [9.17, 15) is 4.21 Å². The lowest BCUT2D eigenvalue weighted by Gasteiger charge is -2.14. The van der Waals surface area contributed by atoms with Crippen molar-refractivity contribution in [3.63, 3.8) is 0 Å². The van der Waals surface area contributed by atoms with Gasteiger partial charge in [0, 0.05) is 41.8 Å². The lowest BCUT2D eigenvalue weighted by molar-refractivity contribution is 0.314. The van der Waals surface area contributed by atoms with Crippen LogP contribution in [0.4, 0.5) is 0 Å². The second-order valence-corrected chi connectivity index (χ2v) is 6.24. The summed E-state index contributed by atoms with van der Waals surface area (Å²) >= 11 is 0. The van der Waals surface area contributed by atoms with Gasteiger partial charge >= 0.3 is 0 Å². The highest BCUT2D eigenvalue weighted by Gasteiger charge is 2.42. The monoisotopic (exact) mass is 247 g/mol. The van der Waals surface area contributed by atoms with Crippen LogP contribution in [0.3, 0.4) is 0 Å². The highest BCUT2D eigenvalue weighted by Crippen LogP contribution is 2.48. The van der Waals surface area contributed by atoms with Crippen LogP contribution in [0.25, 0.3) is 0 Å². The van der Waals surface area contributed by atoms with Crippen LogP contribution in [0.1, 0.15) is 26.2 Å². The summed E-state index contributed by atoms with van der Waals surface area (Å²) in [5.41, 5.74) is 5.68. The maximum Gasteiger partial charge on any atom is 0.139 e. The van der Waals surface area contributed by atoms with Crippen LogP contribution in [0.2, 0.25) is 0 Å². The first-order valence-electron chi connectivity index (χ1n) is 5.64. The van der Waals surface area contributed by atoms with Crippen LogP contribution in [-0.4, -0.2) is 39.8 Å². The Bertz CT molecular complexity index is 277. The lowest BCUT2D eigenvalue weighted by Crippen LogP contribution is -2.30. The van der Waals surface area contributed by atoms with E-state index in [0.717, 1.165) is 31.7 Å².